The number of nitrogens with two attached hydrogens (primary N) is 1. The van der Waals surface area contributed by atoms with Crippen LogP contribution in [-0.2, 0) is 17.8 Å². The van der Waals surface area contributed by atoms with E-state index in [-0.39, 0.29) is 5.75 Å². The molecule has 4 nitrogen and oxygen atoms in total. The number of primary amides is 1. The van der Waals surface area contributed by atoms with Crippen LogP contribution in [0, 0.1) is 0 Å². The summed E-state index contributed by atoms with van der Waals surface area (Å²) >= 11 is 0. The normalized spacial score (nSPS) is 12.4. The van der Waals surface area contributed by atoms with Crippen LogP contribution in [0.15, 0.2) is 72.8 Å². The third-order valence-corrected chi connectivity index (χ3v) is 4.89. The van der Waals surface area contributed by atoms with Crippen molar-refractivity contribution in [2.75, 3.05) is 0 Å². The molecule has 0 saturated carbocycles. The Morgan fingerprint density at radius 2 is 1.65 bits per heavy atom. The fourth-order valence-corrected chi connectivity index (χ4v) is 3.21. The average molecular weight is 428 g/mol. The molecule has 0 aromatic heterocycles. The SMILES string of the molecule is CC(NCc1ccc(-c2cccc(OC(F)(F)F)c2Cc2ccccc2)cc1)C(N)=O. The topological polar surface area (TPSA) is 64.3 Å². The summed E-state index contributed by atoms with van der Waals surface area (Å²) < 4.78 is 43.3. The maximum atomic E-state index is 13.0. The summed E-state index contributed by atoms with van der Waals surface area (Å²) in [6.07, 6.45) is -4.49. The van der Waals surface area contributed by atoms with Crippen molar-refractivity contribution in [1.82, 2.24) is 5.32 Å². The van der Waals surface area contributed by atoms with E-state index in [9.17, 15) is 18.0 Å². The minimum atomic E-state index is -4.78. The minimum absolute atomic E-state index is 0.213. The highest BCUT2D eigenvalue weighted by atomic mass is 19.4. The quantitative estimate of drug-likeness (QED) is 0.541. The fraction of sp³-hybridized carbons (Fsp3) is 0.208. The number of rotatable bonds is 8. The van der Waals surface area contributed by atoms with Gasteiger partial charge in [-0.2, -0.15) is 0 Å². The van der Waals surface area contributed by atoms with Crippen molar-refractivity contribution in [3.63, 3.8) is 0 Å². The molecular formula is C24H23F3N2O2. The van der Waals surface area contributed by atoms with Crippen molar-refractivity contribution in [3.8, 4) is 16.9 Å². The van der Waals surface area contributed by atoms with Gasteiger partial charge in [0.15, 0.2) is 0 Å². The van der Waals surface area contributed by atoms with Crippen molar-refractivity contribution in [2.24, 2.45) is 5.73 Å². The van der Waals surface area contributed by atoms with Gasteiger partial charge in [-0.3, -0.25) is 4.79 Å². The maximum absolute atomic E-state index is 13.0. The monoisotopic (exact) mass is 428 g/mol. The molecule has 0 aliphatic rings. The van der Waals surface area contributed by atoms with E-state index in [1.54, 1.807) is 19.1 Å². The molecule has 3 aromatic carbocycles. The first kappa shape index (κ1) is 22.4. The van der Waals surface area contributed by atoms with Crippen molar-refractivity contribution in [1.29, 1.82) is 0 Å². The fourth-order valence-electron chi connectivity index (χ4n) is 3.21. The van der Waals surface area contributed by atoms with Gasteiger partial charge in [-0.1, -0.05) is 66.7 Å². The molecule has 0 saturated heterocycles. The van der Waals surface area contributed by atoms with Crippen LogP contribution in [0.3, 0.4) is 0 Å². The van der Waals surface area contributed by atoms with Crippen LogP contribution in [0.2, 0.25) is 0 Å². The first-order valence-corrected chi connectivity index (χ1v) is 9.76. The lowest BCUT2D eigenvalue weighted by molar-refractivity contribution is -0.274. The van der Waals surface area contributed by atoms with E-state index in [1.165, 1.54) is 6.07 Å². The van der Waals surface area contributed by atoms with Gasteiger partial charge in [-0.05, 0) is 35.2 Å². The summed E-state index contributed by atoms with van der Waals surface area (Å²) in [7, 11) is 0. The molecule has 0 radical (unpaired) electrons. The van der Waals surface area contributed by atoms with Crippen LogP contribution >= 0.6 is 0 Å². The summed E-state index contributed by atoms with van der Waals surface area (Å²) in [5.41, 5.74) is 8.93. The highest BCUT2D eigenvalue weighted by Crippen LogP contribution is 2.35. The van der Waals surface area contributed by atoms with Crippen molar-refractivity contribution in [3.05, 3.63) is 89.5 Å². The number of ether oxygens (including phenoxy) is 1. The number of hydrogen-bond donors (Lipinski definition) is 2. The molecule has 31 heavy (non-hydrogen) atoms. The van der Waals surface area contributed by atoms with E-state index in [2.05, 4.69) is 10.1 Å². The molecule has 7 heteroatoms. The van der Waals surface area contributed by atoms with E-state index in [4.69, 9.17) is 5.73 Å². The van der Waals surface area contributed by atoms with Crippen LogP contribution in [0.4, 0.5) is 13.2 Å². The molecule has 3 aromatic rings. The Morgan fingerprint density at radius 3 is 2.26 bits per heavy atom. The molecule has 1 atom stereocenters. The van der Waals surface area contributed by atoms with E-state index in [0.29, 0.717) is 24.1 Å². The average Bonchev–Trinajstić information content (AvgIpc) is 2.73. The zero-order valence-electron chi connectivity index (χ0n) is 16.9. The molecule has 0 heterocycles. The van der Waals surface area contributed by atoms with Gasteiger partial charge >= 0.3 is 6.36 Å². The van der Waals surface area contributed by atoms with E-state index in [0.717, 1.165) is 16.7 Å². The standard InChI is InChI=1S/C24H23F3N2O2/c1-16(23(28)30)29-15-18-10-12-19(13-11-18)20-8-5-9-22(31-24(25,26)27)21(20)14-17-6-3-2-4-7-17/h2-13,16,29H,14-15H2,1H3,(H2,28,30). The third-order valence-electron chi connectivity index (χ3n) is 4.89. The summed E-state index contributed by atoms with van der Waals surface area (Å²) in [6, 6.07) is 20.9. The number of amides is 1. The van der Waals surface area contributed by atoms with Gasteiger partial charge in [-0.25, -0.2) is 0 Å². The Hall–Kier alpha value is -3.32. The second-order valence-electron chi connectivity index (χ2n) is 7.19. The van der Waals surface area contributed by atoms with Gasteiger partial charge in [0.25, 0.3) is 0 Å². The van der Waals surface area contributed by atoms with Gasteiger partial charge in [0, 0.05) is 18.5 Å². The zero-order valence-corrected chi connectivity index (χ0v) is 16.9. The van der Waals surface area contributed by atoms with Gasteiger partial charge in [0.2, 0.25) is 5.91 Å². The molecule has 0 fully saturated rings. The number of alkyl halides is 3. The van der Waals surface area contributed by atoms with Crippen molar-refractivity contribution in [2.45, 2.75) is 32.3 Å². The Balaban J connectivity index is 1.92. The molecule has 3 rings (SSSR count). The van der Waals surface area contributed by atoms with Crippen LogP contribution in [0.5, 0.6) is 5.75 Å². The molecule has 0 aliphatic carbocycles. The van der Waals surface area contributed by atoms with Crippen LogP contribution < -0.4 is 15.8 Å². The lowest BCUT2D eigenvalue weighted by Crippen LogP contribution is -2.38. The van der Waals surface area contributed by atoms with Crippen LogP contribution in [0.1, 0.15) is 23.6 Å². The van der Waals surface area contributed by atoms with Gasteiger partial charge in [-0.15, -0.1) is 13.2 Å². The lowest BCUT2D eigenvalue weighted by Gasteiger charge is -2.17. The number of halogens is 3. The largest absolute Gasteiger partial charge is 0.573 e. The summed E-state index contributed by atoms with van der Waals surface area (Å²) in [4.78, 5) is 11.1. The molecular weight excluding hydrogens is 405 g/mol. The first-order chi connectivity index (χ1) is 14.7. The number of benzene rings is 3. The second kappa shape index (κ2) is 9.66. The zero-order chi connectivity index (χ0) is 22.4. The Kier molecular flexibility index (Phi) is 6.97. The Labute approximate surface area is 178 Å². The van der Waals surface area contributed by atoms with Gasteiger partial charge in [0.1, 0.15) is 5.75 Å². The Bertz CT molecular complexity index is 1020. The first-order valence-electron chi connectivity index (χ1n) is 9.76. The maximum Gasteiger partial charge on any atom is 0.573 e. The summed E-state index contributed by atoms with van der Waals surface area (Å²) in [5, 5.41) is 3.02. The highest BCUT2D eigenvalue weighted by molar-refractivity contribution is 5.79. The molecule has 0 bridgehead atoms. The van der Waals surface area contributed by atoms with Crippen molar-refractivity contribution >= 4 is 5.91 Å². The second-order valence-corrected chi connectivity index (χ2v) is 7.19. The molecule has 0 aliphatic heterocycles. The number of carbonyl (C=O) groups excluding carboxylic acids is 1. The Morgan fingerprint density at radius 1 is 0.968 bits per heavy atom. The van der Waals surface area contributed by atoms with Crippen LogP contribution in [0.25, 0.3) is 11.1 Å². The lowest BCUT2D eigenvalue weighted by atomic mass is 9.93. The predicted octanol–water partition coefficient (Wildman–Crippen LogP) is 4.81. The minimum Gasteiger partial charge on any atom is -0.405 e. The summed E-state index contributed by atoms with van der Waals surface area (Å²) in [5.74, 6) is -0.654. The van der Waals surface area contributed by atoms with Crippen molar-refractivity contribution < 1.29 is 22.7 Å². The molecule has 1 unspecified atom stereocenters. The highest BCUT2D eigenvalue weighted by Gasteiger charge is 2.32. The van der Waals surface area contributed by atoms with E-state index >= 15 is 0 Å². The predicted molar refractivity (Wildman–Crippen MR) is 113 cm³/mol. The number of hydrogen-bond acceptors (Lipinski definition) is 3. The van der Waals surface area contributed by atoms with Gasteiger partial charge in [0.05, 0.1) is 6.04 Å². The van der Waals surface area contributed by atoms with Crippen LogP contribution in [-0.4, -0.2) is 18.3 Å². The molecule has 0 spiro atoms. The third kappa shape index (κ3) is 6.33. The molecule has 162 valence electrons. The van der Waals surface area contributed by atoms with Gasteiger partial charge < -0.3 is 15.8 Å². The summed E-state index contributed by atoms with van der Waals surface area (Å²) in [6.45, 7) is 2.12. The number of nitrogens with one attached hydrogen (secondary N) is 1. The smallest absolute Gasteiger partial charge is 0.405 e. The number of carbonyl (C=O) groups is 1. The molecule has 1 amide bonds. The molecule has 3 N–H and O–H groups in total. The van der Waals surface area contributed by atoms with E-state index < -0.39 is 18.3 Å². The van der Waals surface area contributed by atoms with E-state index in [1.807, 2.05) is 54.6 Å².